The maximum Gasteiger partial charge on any atom is 0.330 e. The standard InChI is InChI=1S/C13H20O3/c1-4-10-9(6-12(14)16-5-2)11-7-15-8-13(10,11)3/h6,10-11H,4-5,7-8H2,1-3H3/b9-6-/t10-,11-,13+/m0/s1. The zero-order valence-electron chi connectivity index (χ0n) is 10.3. The van der Waals surface area contributed by atoms with Gasteiger partial charge in [0.25, 0.3) is 0 Å². The van der Waals surface area contributed by atoms with Crippen molar-refractivity contribution >= 4 is 5.97 Å². The Labute approximate surface area is 96.8 Å². The number of hydrogen-bond acceptors (Lipinski definition) is 3. The zero-order valence-corrected chi connectivity index (χ0v) is 10.3. The van der Waals surface area contributed by atoms with Crippen LogP contribution < -0.4 is 0 Å². The van der Waals surface area contributed by atoms with Crippen molar-refractivity contribution in [2.24, 2.45) is 17.3 Å². The number of rotatable bonds is 3. The van der Waals surface area contributed by atoms with Crippen LogP contribution in [0.25, 0.3) is 0 Å². The summed E-state index contributed by atoms with van der Waals surface area (Å²) < 4.78 is 10.5. The first-order valence-corrected chi connectivity index (χ1v) is 6.09. The van der Waals surface area contributed by atoms with Gasteiger partial charge in [-0.25, -0.2) is 4.79 Å². The van der Waals surface area contributed by atoms with Gasteiger partial charge in [0, 0.05) is 17.4 Å². The summed E-state index contributed by atoms with van der Waals surface area (Å²) in [5.74, 6) is 0.719. The van der Waals surface area contributed by atoms with Crippen LogP contribution in [0.3, 0.4) is 0 Å². The highest BCUT2D eigenvalue weighted by Crippen LogP contribution is 2.60. The number of esters is 1. The minimum Gasteiger partial charge on any atom is -0.463 e. The fourth-order valence-corrected chi connectivity index (χ4v) is 3.26. The average Bonchev–Trinajstić information content (AvgIpc) is 2.55. The Morgan fingerprint density at radius 3 is 3.00 bits per heavy atom. The van der Waals surface area contributed by atoms with Gasteiger partial charge in [0.2, 0.25) is 0 Å². The van der Waals surface area contributed by atoms with Crippen LogP contribution in [0.15, 0.2) is 11.6 Å². The molecule has 1 aliphatic carbocycles. The molecular weight excluding hydrogens is 204 g/mol. The first-order valence-electron chi connectivity index (χ1n) is 6.09. The van der Waals surface area contributed by atoms with Crippen molar-refractivity contribution < 1.29 is 14.3 Å². The second-order valence-electron chi connectivity index (χ2n) is 4.93. The molecule has 2 fully saturated rings. The van der Waals surface area contributed by atoms with E-state index in [1.807, 2.05) is 6.92 Å². The average molecular weight is 224 g/mol. The van der Waals surface area contributed by atoms with Gasteiger partial charge < -0.3 is 9.47 Å². The van der Waals surface area contributed by atoms with E-state index in [1.54, 1.807) is 6.08 Å². The molecule has 0 N–H and O–H groups in total. The SMILES string of the molecule is CCOC(=O)/C=C1/[C@H](CC)[C@@]2(C)COC[C@@H]12. The van der Waals surface area contributed by atoms with E-state index in [4.69, 9.17) is 9.47 Å². The quantitative estimate of drug-likeness (QED) is 0.544. The Hall–Kier alpha value is -0.830. The Bertz CT molecular complexity index is 321. The Morgan fingerprint density at radius 2 is 2.38 bits per heavy atom. The summed E-state index contributed by atoms with van der Waals surface area (Å²) in [5, 5.41) is 0. The molecule has 0 aromatic rings. The summed E-state index contributed by atoms with van der Waals surface area (Å²) >= 11 is 0. The van der Waals surface area contributed by atoms with Crippen molar-refractivity contribution in [2.45, 2.75) is 27.2 Å². The van der Waals surface area contributed by atoms with Gasteiger partial charge in [-0.15, -0.1) is 0 Å². The van der Waals surface area contributed by atoms with E-state index >= 15 is 0 Å². The topological polar surface area (TPSA) is 35.5 Å². The second-order valence-corrected chi connectivity index (χ2v) is 4.93. The molecule has 0 unspecified atom stereocenters. The predicted molar refractivity (Wildman–Crippen MR) is 60.9 cm³/mol. The highest BCUT2D eigenvalue weighted by atomic mass is 16.5. The molecule has 0 radical (unpaired) electrons. The maximum atomic E-state index is 11.5. The lowest BCUT2D eigenvalue weighted by Gasteiger charge is -2.51. The lowest BCUT2D eigenvalue weighted by molar-refractivity contribution is -0.137. The normalized spacial score (nSPS) is 39.3. The lowest BCUT2D eigenvalue weighted by Crippen LogP contribution is -2.48. The number of ether oxygens (including phenoxy) is 2. The molecular formula is C13H20O3. The minimum atomic E-state index is -0.204. The Morgan fingerprint density at radius 1 is 1.62 bits per heavy atom. The predicted octanol–water partition coefficient (Wildman–Crippen LogP) is 2.17. The third kappa shape index (κ3) is 1.58. The molecule has 2 rings (SSSR count). The van der Waals surface area contributed by atoms with E-state index in [2.05, 4.69) is 13.8 Å². The van der Waals surface area contributed by atoms with E-state index in [0.29, 0.717) is 18.4 Å². The van der Waals surface area contributed by atoms with Crippen LogP contribution in [0, 0.1) is 17.3 Å². The van der Waals surface area contributed by atoms with Gasteiger partial charge in [-0.3, -0.25) is 0 Å². The largest absolute Gasteiger partial charge is 0.463 e. The van der Waals surface area contributed by atoms with Gasteiger partial charge in [0.15, 0.2) is 0 Å². The van der Waals surface area contributed by atoms with Crippen LogP contribution >= 0.6 is 0 Å². The molecule has 1 heterocycles. The van der Waals surface area contributed by atoms with E-state index in [0.717, 1.165) is 19.6 Å². The fraction of sp³-hybridized carbons (Fsp3) is 0.769. The van der Waals surface area contributed by atoms with Crippen molar-refractivity contribution in [3.8, 4) is 0 Å². The highest BCUT2D eigenvalue weighted by molar-refractivity contribution is 5.83. The van der Waals surface area contributed by atoms with Gasteiger partial charge >= 0.3 is 5.97 Å². The van der Waals surface area contributed by atoms with Crippen molar-refractivity contribution in [1.29, 1.82) is 0 Å². The summed E-state index contributed by atoms with van der Waals surface area (Å²) in [4.78, 5) is 11.5. The molecule has 0 aromatic carbocycles. The Balaban J connectivity index is 2.14. The van der Waals surface area contributed by atoms with Crippen LogP contribution in [0.5, 0.6) is 0 Å². The second kappa shape index (κ2) is 4.21. The molecule has 16 heavy (non-hydrogen) atoms. The van der Waals surface area contributed by atoms with Gasteiger partial charge in [-0.05, 0) is 19.3 Å². The van der Waals surface area contributed by atoms with Crippen LogP contribution in [0.1, 0.15) is 27.2 Å². The summed E-state index contributed by atoms with van der Waals surface area (Å²) in [6, 6.07) is 0. The van der Waals surface area contributed by atoms with E-state index < -0.39 is 0 Å². The molecule has 2 aliphatic rings. The van der Waals surface area contributed by atoms with Crippen molar-refractivity contribution in [3.05, 3.63) is 11.6 Å². The van der Waals surface area contributed by atoms with E-state index in [-0.39, 0.29) is 11.4 Å². The molecule has 0 spiro atoms. The Kier molecular flexibility index (Phi) is 3.06. The van der Waals surface area contributed by atoms with Crippen LogP contribution in [-0.4, -0.2) is 25.8 Å². The lowest BCUT2D eigenvalue weighted by atomic mass is 9.51. The third-order valence-corrected chi connectivity index (χ3v) is 4.07. The van der Waals surface area contributed by atoms with Crippen molar-refractivity contribution in [2.75, 3.05) is 19.8 Å². The zero-order chi connectivity index (χ0) is 11.8. The molecule has 0 aromatic heterocycles. The first kappa shape index (κ1) is 11.6. The van der Waals surface area contributed by atoms with Gasteiger partial charge in [0.05, 0.1) is 19.8 Å². The molecule has 3 atom stereocenters. The maximum absolute atomic E-state index is 11.5. The summed E-state index contributed by atoms with van der Waals surface area (Å²) in [6.45, 7) is 8.30. The number of carbonyl (C=O) groups excluding carboxylic acids is 1. The van der Waals surface area contributed by atoms with E-state index in [1.165, 1.54) is 5.57 Å². The molecule has 1 saturated carbocycles. The van der Waals surface area contributed by atoms with Gasteiger partial charge in [-0.1, -0.05) is 19.4 Å². The summed E-state index contributed by atoms with van der Waals surface area (Å²) in [7, 11) is 0. The molecule has 1 aliphatic heterocycles. The first-order chi connectivity index (χ1) is 7.63. The molecule has 3 nitrogen and oxygen atoms in total. The number of fused-ring (bicyclic) bond motifs is 1. The highest BCUT2D eigenvalue weighted by Gasteiger charge is 2.57. The van der Waals surface area contributed by atoms with E-state index in [9.17, 15) is 4.79 Å². The fourth-order valence-electron chi connectivity index (χ4n) is 3.26. The van der Waals surface area contributed by atoms with Crippen molar-refractivity contribution in [3.63, 3.8) is 0 Å². The molecule has 1 saturated heterocycles. The summed E-state index contributed by atoms with van der Waals surface area (Å²) in [6.07, 6.45) is 2.76. The molecule has 0 amide bonds. The minimum absolute atomic E-state index is 0.204. The van der Waals surface area contributed by atoms with Crippen LogP contribution in [-0.2, 0) is 14.3 Å². The smallest absolute Gasteiger partial charge is 0.330 e. The molecule has 3 heteroatoms. The molecule has 90 valence electrons. The summed E-state index contributed by atoms with van der Waals surface area (Å²) in [5.41, 5.74) is 1.49. The van der Waals surface area contributed by atoms with Gasteiger partial charge in [0.1, 0.15) is 0 Å². The monoisotopic (exact) mass is 224 g/mol. The molecule has 0 bridgehead atoms. The number of hydrogen-bond donors (Lipinski definition) is 0. The third-order valence-electron chi connectivity index (χ3n) is 4.07. The van der Waals surface area contributed by atoms with Crippen LogP contribution in [0.4, 0.5) is 0 Å². The van der Waals surface area contributed by atoms with Crippen molar-refractivity contribution in [1.82, 2.24) is 0 Å². The van der Waals surface area contributed by atoms with Gasteiger partial charge in [-0.2, -0.15) is 0 Å². The van der Waals surface area contributed by atoms with Crippen LogP contribution in [0.2, 0.25) is 0 Å². The number of carbonyl (C=O) groups is 1.